The molecule has 6 heteroatoms. The predicted octanol–water partition coefficient (Wildman–Crippen LogP) is 1.72. The Bertz CT molecular complexity index is 751. The van der Waals surface area contributed by atoms with Crippen molar-refractivity contribution in [3.05, 3.63) is 64.1 Å². The summed E-state index contributed by atoms with van der Waals surface area (Å²) in [4.78, 5) is 23.5. The normalized spacial score (nSPS) is 13.2. The third kappa shape index (κ3) is 4.20. The SMILES string of the molecule is Cc1cc(=O)n(C)cc1NC(=O)NCC(C)(O)c1ccccc1. The highest BCUT2D eigenvalue weighted by atomic mass is 16.3. The molecule has 1 aromatic heterocycles. The number of aryl methyl sites for hydroxylation is 2. The number of pyridine rings is 1. The fourth-order valence-electron chi connectivity index (χ4n) is 2.17. The maximum Gasteiger partial charge on any atom is 0.319 e. The lowest BCUT2D eigenvalue weighted by molar-refractivity contribution is 0.0599. The van der Waals surface area contributed by atoms with Gasteiger partial charge in [0.05, 0.1) is 12.2 Å². The van der Waals surface area contributed by atoms with Crippen LogP contribution in [0.15, 0.2) is 47.4 Å². The standard InChI is InChI=1S/C17H21N3O3/c1-12-9-15(21)20(3)10-14(12)19-16(22)18-11-17(2,23)13-7-5-4-6-8-13/h4-10,23H,11H2,1-3H3,(H2,18,19,22). The minimum absolute atomic E-state index is 0.0632. The smallest absolute Gasteiger partial charge is 0.319 e. The van der Waals surface area contributed by atoms with Gasteiger partial charge in [-0.25, -0.2) is 4.79 Å². The summed E-state index contributed by atoms with van der Waals surface area (Å²) in [5, 5.41) is 15.8. The van der Waals surface area contributed by atoms with Crippen molar-refractivity contribution in [1.82, 2.24) is 9.88 Å². The van der Waals surface area contributed by atoms with Crippen molar-refractivity contribution in [1.29, 1.82) is 0 Å². The first-order valence-corrected chi connectivity index (χ1v) is 7.29. The Morgan fingerprint density at radius 3 is 2.61 bits per heavy atom. The zero-order chi connectivity index (χ0) is 17.0. The third-order valence-electron chi connectivity index (χ3n) is 3.67. The van der Waals surface area contributed by atoms with Crippen LogP contribution in [0.3, 0.4) is 0 Å². The third-order valence-corrected chi connectivity index (χ3v) is 3.67. The predicted molar refractivity (Wildman–Crippen MR) is 89.5 cm³/mol. The summed E-state index contributed by atoms with van der Waals surface area (Å²) in [6.45, 7) is 3.45. The summed E-state index contributed by atoms with van der Waals surface area (Å²) in [5.74, 6) is 0. The number of hydrogen-bond acceptors (Lipinski definition) is 3. The Morgan fingerprint density at radius 1 is 1.30 bits per heavy atom. The molecule has 0 aliphatic rings. The van der Waals surface area contributed by atoms with E-state index in [0.717, 1.165) is 5.56 Å². The van der Waals surface area contributed by atoms with Crippen LogP contribution in [0, 0.1) is 6.92 Å². The molecule has 0 aliphatic heterocycles. The summed E-state index contributed by atoms with van der Waals surface area (Å²) >= 11 is 0. The number of hydrogen-bond donors (Lipinski definition) is 3. The molecule has 0 spiro atoms. The second-order valence-electron chi connectivity index (χ2n) is 5.77. The molecular weight excluding hydrogens is 294 g/mol. The minimum atomic E-state index is -1.17. The van der Waals surface area contributed by atoms with E-state index in [4.69, 9.17) is 0 Å². The largest absolute Gasteiger partial charge is 0.384 e. The first-order chi connectivity index (χ1) is 10.8. The molecule has 0 bridgehead atoms. The van der Waals surface area contributed by atoms with Gasteiger partial charge in [-0.1, -0.05) is 30.3 Å². The monoisotopic (exact) mass is 315 g/mol. The van der Waals surface area contributed by atoms with E-state index in [9.17, 15) is 14.7 Å². The first-order valence-electron chi connectivity index (χ1n) is 7.29. The average molecular weight is 315 g/mol. The lowest BCUT2D eigenvalue weighted by Crippen LogP contribution is -2.40. The van der Waals surface area contributed by atoms with Gasteiger partial charge in [0.1, 0.15) is 5.60 Å². The van der Waals surface area contributed by atoms with Gasteiger partial charge in [0.2, 0.25) is 0 Å². The Balaban J connectivity index is 2.01. The van der Waals surface area contributed by atoms with Gasteiger partial charge in [-0.2, -0.15) is 0 Å². The molecule has 122 valence electrons. The summed E-state index contributed by atoms with van der Waals surface area (Å²) in [5.41, 5.74) is 0.637. The lowest BCUT2D eigenvalue weighted by Gasteiger charge is -2.24. The van der Waals surface area contributed by atoms with E-state index in [1.54, 1.807) is 39.2 Å². The number of nitrogens with zero attached hydrogens (tertiary/aromatic N) is 1. The van der Waals surface area contributed by atoms with Gasteiger partial charge in [-0.3, -0.25) is 4.79 Å². The van der Waals surface area contributed by atoms with Crippen LogP contribution in [0.2, 0.25) is 0 Å². The van der Waals surface area contributed by atoms with Crippen LogP contribution in [-0.4, -0.2) is 22.2 Å². The number of aromatic nitrogens is 1. The average Bonchev–Trinajstić information content (AvgIpc) is 2.52. The maximum atomic E-state index is 12.0. The minimum Gasteiger partial charge on any atom is -0.384 e. The van der Waals surface area contributed by atoms with Gasteiger partial charge < -0.3 is 20.3 Å². The van der Waals surface area contributed by atoms with Gasteiger partial charge in [-0.05, 0) is 25.0 Å². The molecule has 1 atom stereocenters. The van der Waals surface area contributed by atoms with Crippen LogP contribution in [0.4, 0.5) is 10.5 Å². The van der Waals surface area contributed by atoms with Crippen LogP contribution in [0.25, 0.3) is 0 Å². The van der Waals surface area contributed by atoms with Crippen LogP contribution in [-0.2, 0) is 12.6 Å². The van der Waals surface area contributed by atoms with Crippen molar-refractivity contribution < 1.29 is 9.90 Å². The number of anilines is 1. The van der Waals surface area contributed by atoms with Crippen molar-refractivity contribution in [3.63, 3.8) is 0 Å². The molecule has 0 saturated carbocycles. The lowest BCUT2D eigenvalue weighted by atomic mass is 9.96. The first kappa shape index (κ1) is 16.8. The number of rotatable bonds is 4. The van der Waals surface area contributed by atoms with E-state index in [1.165, 1.54) is 10.6 Å². The van der Waals surface area contributed by atoms with Gasteiger partial charge in [0.15, 0.2) is 0 Å². The van der Waals surface area contributed by atoms with E-state index in [-0.39, 0.29) is 12.1 Å². The second-order valence-corrected chi connectivity index (χ2v) is 5.77. The molecule has 0 radical (unpaired) electrons. The zero-order valence-corrected chi connectivity index (χ0v) is 13.5. The molecule has 0 fully saturated rings. The summed E-state index contributed by atoms with van der Waals surface area (Å²) < 4.78 is 1.39. The van der Waals surface area contributed by atoms with Crippen molar-refractivity contribution in [2.75, 3.05) is 11.9 Å². The topological polar surface area (TPSA) is 83.4 Å². The van der Waals surface area contributed by atoms with E-state index < -0.39 is 11.6 Å². The highest BCUT2D eigenvalue weighted by Gasteiger charge is 2.23. The molecule has 1 aromatic carbocycles. The van der Waals surface area contributed by atoms with E-state index in [0.29, 0.717) is 11.3 Å². The van der Waals surface area contributed by atoms with Crippen LogP contribution in [0.5, 0.6) is 0 Å². The molecule has 0 aliphatic carbocycles. The highest BCUT2D eigenvalue weighted by molar-refractivity contribution is 5.89. The summed E-state index contributed by atoms with van der Waals surface area (Å²) in [6.07, 6.45) is 1.56. The summed E-state index contributed by atoms with van der Waals surface area (Å²) in [6, 6.07) is 10.1. The highest BCUT2D eigenvalue weighted by Crippen LogP contribution is 2.19. The Hall–Kier alpha value is -2.60. The molecule has 23 heavy (non-hydrogen) atoms. The fourth-order valence-corrected chi connectivity index (χ4v) is 2.17. The molecule has 2 rings (SSSR count). The second kappa shape index (κ2) is 6.66. The molecular formula is C17H21N3O3. The number of nitrogens with one attached hydrogen (secondary N) is 2. The van der Waals surface area contributed by atoms with Crippen molar-refractivity contribution in [2.45, 2.75) is 19.4 Å². The molecule has 6 nitrogen and oxygen atoms in total. The van der Waals surface area contributed by atoms with Gasteiger partial charge in [0, 0.05) is 19.3 Å². The van der Waals surface area contributed by atoms with Crippen molar-refractivity contribution in [2.24, 2.45) is 7.05 Å². The molecule has 1 heterocycles. The Kier molecular flexibility index (Phi) is 4.86. The van der Waals surface area contributed by atoms with Crippen molar-refractivity contribution >= 4 is 11.7 Å². The quantitative estimate of drug-likeness (QED) is 0.803. The van der Waals surface area contributed by atoms with Crippen LogP contribution >= 0.6 is 0 Å². The zero-order valence-electron chi connectivity index (χ0n) is 13.5. The van der Waals surface area contributed by atoms with E-state index in [2.05, 4.69) is 10.6 Å². The number of urea groups is 1. The van der Waals surface area contributed by atoms with Crippen LogP contribution < -0.4 is 16.2 Å². The Morgan fingerprint density at radius 2 is 1.96 bits per heavy atom. The molecule has 2 amide bonds. The number of amides is 2. The van der Waals surface area contributed by atoms with Gasteiger partial charge in [0.25, 0.3) is 5.56 Å². The number of carbonyl (C=O) groups is 1. The number of aliphatic hydroxyl groups is 1. The number of benzene rings is 1. The van der Waals surface area contributed by atoms with E-state index in [1.807, 2.05) is 18.2 Å². The molecule has 3 N–H and O–H groups in total. The summed E-state index contributed by atoms with van der Waals surface area (Å²) in [7, 11) is 1.62. The van der Waals surface area contributed by atoms with E-state index >= 15 is 0 Å². The maximum absolute atomic E-state index is 12.0. The van der Waals surface area contributed by atoms with Crippen LogP contribution in [0.1, 0.15) is 18.1 Å². The Labute approximate surface area is 134 Å². The van der Waals surface area contributed by atoms with Crippen molar-refractivity contribution in [3.8, 4) is 0 Å². The van der Waals surface area contributed by atoms with Gasteiger partial charge in [-0.15, -0.1) is 0 Å². The van der Waals surface area contributed by atoms with Gasteiger partial charge >= 0.3 is 6.03 Å². The molecule has 1 unspecified atom stereocenters. The number of carbonyl (C=O) groups excluding carboxylic acids is 1. The fraction of sp³-hybridized carbons (Fsp3) is 0.294. The molecule has 2 aromatic rings. The molecule has 0 saturated heterocycles.